The van der Waals surface area contributed by atoms with Gasteiger partial charge in [-0.3, -0.25) is 0 Å². The summed E-state index contributed by atoms with van der Waals surface area (Å²) in [4.78, 5) is 10.1. The van der Waals surface area contributed by atoms with Gasteiger partial charge in [0.25, 0.3) is 0 Å². The summed E-state index contributed by atoms with van der Waals surface area (Å²) in [5, 5.41) is 1.05. The Morgan fingerprint density at radius 3 is 2.35 bits per heavy atom. The van der Waals surface area contributed by atoms with Crippen molar-refractivity contribution in [2.24, 2.45) is 5.73 Å². The van der Waals surface area contributed by atoms with E-state index in [0.717, 1.165) is 41.9 Å². The van der Waals surface area contributed by atoms with Gasteiger partial charge in [0.15, 0.2) is 5.13 Å². The van der Waals surface area contributed by atoms with Crippen molar-refractivity contribution in [2.45, 2.75) is 6.54 Å². The zero-order chi connectivity index (χ0) is 13.9. The van der Waals surface area contributed by atoms with Crippen LogP contribution >= 0.6 is 11.3 Å². The summed E-state index contributed by atoms with van der Waals surface area (Å²) in [6.45, 7) is 4.24. The molecule has 2 N–H and O–H groups in total. The van der Waals surface area contributed by atoms with Crippen LogP contribution in [0, 0.1) is 5.82 Å². The molecular weight excluding hydrogens is 275 g/mol. The first-order valence-electron chi connectivity index (χ1n) is 6.66. The van der Waals surface area contributed by atoms with Crippen LogP contribution in [0.15, 0.2) is 30.5 Å². The quantitative estimate of drug-likeness (QED) is 0.940. The van der Waals surface area contributed by atoms with Crippen LogP contribution in [0.4, 0.5) is 15.2 Å². The molecule has 4 nitrogen and oxygen atoms in total. The lowest BCUT2D eigenvalue weighted by Crippen LogP contribution is -2.46. The highest BCUT2D eigenvalue weighted by Gasteiger charge is 2.19. The van der Waals surface area contributed by atoms with E-state index in [1.54, 1.807) is 11.3 Å². The topological polar surface area (TPSA) is 45.4 Å². The summed E-state index contributed by atoms with van der Waals surface area (Å²) in [5.74, 6) is -0.190. The molecule has 2 aromatic rings. The van der Waals surface area contributed by atoms with Crippen molar-refractivity contribution in [1.82, 2.24) is 4.98 Å². The summed E-state index contributed by atoms with van der Waals surface area (Å²) in [6, 6.07) is 6.69. The molecule has 106 valence electrons. The van der Waals surface area contributed by atoms with E-state index in [2.05, 4.69) is 14.8 Å². The molecule has 0 spiro atoms. The van der Waals surface area contributed by atoms with E-state index >= 15 is 0 Å². The molecule has 0 unspecified atom stereocenters. The Morgan fingerprint density at radius 1 is 1.10 bits per heavy atom. The van der Waals surface area contributed by atoms with Crippen LogP contribution in [-0.4, -0.2) is 31.2 Å². The lowest BCUT2D eigenvalue weighted by Gasteiger charge is -2.36. The van der Waals surface area contributed by atoms with Gasteiger partial charge in [-0.2, -0.15) is 0 Å². The molecule has 0 amide bonds. The van der Waals surface area contributed by atoms with Crippen molar-refractivity contribution in [3.8, 4) is 0 Å². The molecule has 6 heteroatoms. The summed E-state index contributed by atoms with van der Waals surface area (Å²) in [6.07, 6.45) is 1.85. The molecule has 1 aliphatic rings. The predicted molar refractivity (Wildman–Crippen MR) is 80.8 cm³/mol. The number of hydrogen-bond acceptors (Lipinski definition) is 5. The Bertz CT molecular complexity index is 561. The SMILES string of the molecule is NCc1cnc(N2CCN(c3ccc(F)cc3)CC2)s1. The number of nitrogens with zero attached hydrogens (tertiary/aromatic N) is 3. The highest BCUT2D eigenvalue weighted by Crippen LogP contribution is 2.24. The van der Waals surface area contributed by atoms with Crippen molar-refractivity contribution < 1.29 is 4.39 Å². The van der Waals surface area contributed by atoms with E-state index < -0.39 is 0 Å². The Hall–Kier alpha value is -1.66. The van der Waals surface area contributed by atoms with Gasteiger partial charge >= 0.3 is 0 Å². The molecule has 1 fully saturated rings. The smallest absolute Gasteiger partial charge is 0.185 e. The third-order valence-corrected chi connectivity index (χ3v) is 4.56. The van der Waals surface area contributed by atoms with Crippen LogP contribution in [0.5, 0.6) is 0 Å². The Balaban J connectivity index is 1.63. The van der Waals surface area contributed by atoms with Gasteiger partial charge in [-0.15, -0.1) is 11.3 Å². The molecule has 0 atom stereocenters. The molecule has 0 aliphatic carbocycles. The maximum atomic E-state index is 12.9. The summed E-state index contributed by atoms with van der Waals surface area (Å²) in [5.41, 5.74) is 6.69. The molecule has 20 heavy (non-hydrogen) atoms. The molecule has 1 aromatic heterocycles. The second-order valence-electron chi connectivity index (χ2n) is 4.76. The van der Waals surface area contributed by atoms with E-state index in [1.165, 1.54) is 12.1 Å². The number of halogens is 1. The van der Waals surface area contributed by atoms with E-state index in [4.69, 9.17) is 5.73 Å². The van der Waals surface area contributed by atoms with Gasteiger partial charge in [0.05, 0.1) is 0 Å². The van der Waals surface area contributed by atoms with Crippen LogP contribution in [0.25, 0.3) is 0 Å². The Kier molecular flexibility index (Phi) is 3.84. The van der Waals surface area contributed by atoms with Gasteiger partial charge in [-0.1, -0.05) is 0 Å². The lowest BCUT2D eigenvalue weighted by atomic mass is 10.2. The first-order valence-corrected chi connectivity index (χ1v) is 7.48. The van der Waals surface area contributed by atoms with Crippen molar-refractivity contribution in [3.05, 3.63) is 41.2 Å². The fourth-order valence-corrected chi connectivity index (χ4v) is 3.19. The minimum Gasteiger partial charge on any atom is -0.368 e. The van der Waals surface area contributed by atoms with Crippen LogP contribution < -0.4 is 15.5 Å². The molecular formula is C14H17FN4S. The van der Waals surface area contributed by atoms with Crippen molar-refractivity contribution >= 4 is 22.2 Å². The fourth-order valence-electron chi connectivity index (χ4n) is 2.35. The zero-order valence-corrected chi connectivity index (χ0v) is 11.9. The number of piperazine rings is 1. The lowest BCUT2D eigenvalue weighted by molar-refractivity contribution is 0.624. The van der Waals surface area contributed by atoms with Gasteiger partial charge in [0.2, 0.25) is 0 Å². The summed E-state index contributed by atoms with van der Waals surface area (Å²) >= 11 is 1.66. The molecule has 1 aromatic carbocycles. The van der Waals surface area contributed by atoms with Crippen molar-refractivity contribution in [3.63, 3.8) is 0 Å². The first kappa shape index (κ1) is 13.3. The summed E-state index contributed by atoms with van der Waals surface area (Å²) in [7, 11) is 0. The minimum absolute atomic E-state index is 0.190. The number of benzene rings is 1. The number of hydrogen-bond donors (Lipinski definition) is 1. The first-order chi connectivity index (χ1) is 9.76. The van der Waals surface area contributed by atoms with Crippen LogP contribution in [0.3, 0.4) is 0 Å². The molecule has 0 bridgehead atoms. The second-order valence-corrected chi connectivity index (χ2v) is 5.86. The minimum atomic E-state index is -0.190. The van der Waals surface area contributed by atoms with E-state index in [0.29, 0.717) is 6.54 Å². The highest BCUT2D eigenvalue weighted by atomic mass is 32.1. The maximum absolute atomic E-state index is 12.9. The number of anilines is 2. The average molecular weight is 292 g/mol. The van der Waals surface area contributed by atoms with Gasteiger partial charge in [-0.05, 0) is 24.3 Å². The Labute approximate surface area is 121 Å². The number of nitrogens with two attached hydrogens (primary N) is 1. The Morgan fingerprint density at radius 2 is 1.75 bits per heavy atom. The molecule has 3 rings (SSSR count). The molecule has 1 saturated heterocycles. The third-order valence-electron chi connectivity index (χ3n) is 3.48. The summed E-state index contributed by atoms with van der Waals surface area (Å²) < 4.78 is 12.9. The zero-order valence-electron chi connectivity index (χ0n) is 11.1. The van der Waals surface area contributed by atoms with Gasteiger partial charge in [0, 0.05) is 49.5 Å². The van der Waals surface area contributed by atoms with Crippen molar-refractivity contribution in [1.29, 1.82) is 0 Å². The molecule has 0 saturated carbocycles. The van der Waals surface area contributed by atoms with Crippen LogP contribution in [-0.2, 0) is 6.54 Å². The van der Waals surface area contributed by atoms with Gasteiger partial charge < -0.3 is 15.5 Å². The highest BCUT2D eigenvalue weighted by molar-refractivity contribution is 7.15. The maximum Gasteiger partial charge on any atom is 0.185 e. The van der Waals surface area contributed by atoms with E-state index in [1.807, 2.05) is 18.3 Å². The van der Waals surface area contributed by atoms with E-state index in [-0.39, 0.29) is 5.82 Å². The molecule has 1 aliphatic heterocycles. The van der Waals surface area contributed by atoms with Gasteiger partial charge in [0.1, 0.15) is 5.82 Å². The second kappa shape index (κ2) is 5.76. The van der Waals surface area contributed by atoms with Crippen LogP contribution in [0.1, 0.15) is 4.88 Å². The normalized spacial score (nSPS) is 15.7. The monoisotopic (exact) mass is 292 g/mol. The fraction of sp³-hybridized carbons (Fsp3) is 0.357. The largest absolute Gasteiger partial charge is 0.368 e. The van der Waals surface area contributed by atoms with Gasteiger partial charge in [-0.25, -0.2) is 9.37 Å². The number of rotatable bonds is 3. The third kappa shape index (κ3) is 2.76. The van der Waals surface area contributed by atoms with Crippen LogP contribution in [0.2, 0.25) is 0 Å². The predicted octanol–water partition coefficient (Wildman–Crippen LogP) is 2.07. The number of thiazole rings is 1. The molecule has 0 radical (unpaired) electrons. The van der Waals surface area contributed by atoms with Crippen molar-refractivity contribution in [2.75, 3.05) is 36.0 Å². The molecule has 2 heterocycles. The standard InChI is InChI=1S/C14H17FN4S/c15-11-1-3-12(4-2-11)18-5-7-19(8-6-18)14-17-10-13(9-16)20-14/h1-4,10H,5-9,16H2. The average Bonchev–Trinajstić information content (AvgIpc) is 2.97. The van der Waals surface area contributed by atoms with E-state index in [9.17, 15) is 4.39 Å². The number of aromatic nitrogens is 1.